The first-order valence-electron chi connectivity index (χ1n) is 13.3. The molecule has 6 rings (SSSR count). The van der Waals surface area contributed by atoms with Crippen molar-refractivity contribution in [2.45, 2.75) is 0 Å². The maximum atomic E-state index is 13.8. The molecule has 5 aromatic carbocycles. The number of para-hydroxylation sites is 1. The lowest BCUT2D eigenvalue weighted by molar-refractivity contribution is -0.644. The molecule has 5 heteroatoms. The zero-order valence-corrected chi connectivity index (χ0v) is 23.0. The van der Waals surface area contributed by atoms with Gasteiger partial charge in [-0.1, -0.05) is 36.4 Å². The van der Waals surface area contributed by atoms with Crippen molar-refractivity contribution in [1.82, 2.24) is 0 Å². The van der Waals surface area contributed by atoms with Gasteiger partial charge in [-0.05, 0) is 100 Å². The summed E-state index contributed by atoms with van der Waals surface area (Å²) >= 11 is 0. The first-order chi connectivity index (χ1) is 19.9. The third-order valence-corrected chi connectivity index (χ3v) is 7.37. The third kappa shape index (κ3) is 5.14. The molecule has 0 bridgehead atoms. The molecule has 0 saturated carbocycles. The van der Waals surface area contributed by atoms with Crippen LogP contribution in [0, 0.1) is 11.6 Å². The Labute approximate surface area is 237 Å². The Balaban J connectivity index is 1.60. The van der Waals surface area contributed by atoms with Gasteiger partial charge >= 0.3 is 0 Å². The van der Waals surface area contributed by atoms with Crippen molar-refractivity contribution in [2.75, 3.05) is 14.2 Å². The van der Waals surface area contributed by atoms with Gasteiger partial charge in [-0.15, -0.1) is 0 Å². The second kappa shape index (κ2) is 10.9. The fourth-order valence-electron chi connectivity index (χ4n) is 5.32. The van der Waals surface area contributed by atoms with Crippen molar-refractivity contribution in [3.05, 3.63) is 127 Å². The summed E-state index contributed by atoms with van der Waals surface area (Å²) in [5, 5.41) is 1.13. The number of ether oxygens (including phenoxy) is 2. The van der Waals surface area contributed by atoms with Crippen molar-refractivity contribution < 1.29 is 22.8 Å². The lowest BCUT2D eigenvalue weighted by Gasteiger charge is -2.17. The fourth-order valence-corrected chi connectivity index (χ4v) is 5.32. The Kier molecular flexibility index (Phi) is 6.94. The van der Waals surface area contributed by atoms with E-state index < -0.39 is 0 Å². The first kappa shape index (κ1) is 26.2. The Morgan fingerprint density at radius 1 is 0.537 bits per heavy atom. The number of aromatic nitrogens is 1. The van der Waals surface area contributed by atoms with Crippen LogP contribution in [-0.2, 0) is 7.05 Å². The molecule has 0 unspecified atom stereocenters. The van der Waals surface area contributed by atoms with Crippen molar-refractivity contribution in [1.29, 1.82) is 0 Å². The summed E-state index contributed by atoms with van der Waals surface area (Å²) in [5.74, 6) is 0.603. The summed E-state index contributed by atoms with van der Waals surface area (Å²) in [6, 6.07) is 33.5. The molecule has 1 heterocycles. The number of hydrogen-bond donors (Lipinski definition) is 0. The molecule has 0 aliphatic rings. The normalized spacial score (nSPS) is 11.0. The van der Waals surface area contributed by atoms with Gasteiger partial charge in [-0.3, -0.25) is 0 Å². The van der Waals surface area contributed by atoms with Crippen LogP contribution in [0.15, 0.2) is 115 Å². The summed E-state index contributed by atoms with van der Waals surface area (Å²) in [6.07, 6.45) is 2.10. The van der Waals surface area contributed by atoms with Gasteiger partial charge in [-0.2, -0.15) is 0 Å². The van der Waals surface area contributed by atoms with Crippen LogP contribution in [0.5, 0.6) is 11.5 Å². The zero-order chi connectivity index (χ0) is 28.5. The standard InChI is InChI=1S/C36H28F2NO2/c1-39-22-30(16-25-6-4-5-7-34(25)39)28-20-33(36(41-3)35(21-28)40-2)29-18-26(23-8-12-31(37)13-9-23)17-27(19-29)24-10-14-32(38)15-11-24/h4-22H,1-3H3/q+1. The Hall–Kier alpha value is -5.03. The molecule has 0 N–H and O–H groups in total. The summed E-state index contributed by atoms with van der Waals surface area (Å²) < 4.78 is 41.4. The van der Waals surface area contributed by atoms with Gasteiger partial charge in [0.2, 0.25) is 5.52 Å². The largest absolute Gasteiger partial charge is 0.493 e. The van der Waals surface area contributed by atoms with Crippen LogP contribution in [0.2, 0.25) is 0 Å². The summed E-state index contributed by atoms with van der Waals surface area (Å²) in [5.41, 5.74) is 8.36. The number of nitrogens with zero attached hydrogens (tertiary/aromatic N) is 1. The molecule has 3 nitrogen and oxygen atoms in total. The van der Waals surface area contributed by atoms with E-state index in [1.54, 1.807) is 38.5 Å². The van der Waals surface area contributed by atoms with Gasteiger partial charge in [0.1, 0.15) is 18.7 Å². The fraction of sp³-hybridized carbons (Fsp3) is 0.0833. The number of hydrogen-bond acceptors (Lipinski definition) is 2. The van der Waals surface area contributed by atoms with Gasteiger partial charge in [0.15, 0.2) is 17.7 Å². The van der Waals surface area contributed by atoms with E-state index in [4.69, 9.17) is 9.47 Å². The van der Waals surface area contributed by atoms with Gasteiger partial charge < -0.3 is 9.47 Å². The highest BCUT2D eigenvalue weighted by Crippen LogP contribution is 2.44. The lowest BCUT2D eigenvalue weighted by atomic mass is 9.91. The quantitative estimate of drug-likeness (QED) is 0.196. The van der Waals surface area contributed by atoms with Crippen LogP contribution in [0.25, 0.3) is 55.4 Å². The smallest absolute Gasteiger partial charge is 0.212 e. The van der Waals surface area contributed by atoms with Crippen molar-refractivity contribution in [3.63, 3.8) is 0 Å². The molecule has 0 aliphatic heterocycles. The number of pyridine rings is 1. The van der Waals surface area contributed by atoms with Gasteiger partial charge in [-0.25, -0.2) is 13.3 Å². The molecule has 0 fully saturated rings. The van der Waals surface area contributed by atoms with Crippen LogP contribution >= 0.6 is 0 Å². The molecule has 41 heavy (non-hydrogen) atoms. The maximum Gasteiger partial charge on any atom is 0.212 e. The minimum absolute atomic E-state index is 0.300. The SMILES string of the molecule is COc1cc(-c2cc3ccccc3[n+](C)c2)cc(-c2cc(-c3ccc(F)cc3)cc(-c3ccc(F)cc3)c2)c1OC. The molecule has 0 spiro atoms. The van der Waals surface area contributed by atoms with E-state index in [9.17, 15) is 8.78 Å². The van der Waals surface area contributed by atoms with Crippen LogP contribution in [0.4, 0.5) is 8.78 Å². The van der Waals surface area contributed by atoms with Gasteiger partial charge in [0.05, 0.1) is 14.2 Å². The van der Waals surface area contributed by atoms with Crippen molar-refractivity contribution >= 4 is 10.9 Å². The molecule has 0 saturated heterocycles. The molecular weight excluding hydrogens is 516 g/mol. The Bertz CT molecular complexity index is 1820. The second-order valence-electron chi connectivity index (χ2n) is 9.97. The summed E-state index contributed by atoms with van der Waals surface area (Å²) in [7, 11) is 5.29. The monoisotopic (exact) mass is 544 g/mol. The highest BCUT2D eigenvalue weighted by Gasteiger charge is 2.19. The third-order valence-electron chi connectivity index (χ3n) is 7.37. The van der Waals surface area contributed by atoms with E-state index in [2.05, 4.69) is 47.2 Å². The average molecular weight is 545 g/mol. The molecular formula is C36H28F2NO2+. The van der Waals surface area contributed by atoms with E-state index >= 15 is 0 Å². The van der Waals surface area contributed by atoms with Crippen LogP contribution < -0.4 is 14.0 Å². The second-order valence-corrected chi connectivity index (χ2v) is 9.97. The van der Waals surface area contributed by atoms with E-state index in [0.717, 1.165) is 55.4 Å². The molecule has 0 aliphatic carbocycles. The molecule has 1 aromatic heterocycles. The van der Waals surface area contributed by atoms with Crippen LogP contribution in [0.1, 0.15) is 0 Å². The Morgan fingerprint density at radius 2 is 1.10 bits per heavy atom. The average Bonchev–Trinajstić information content (AvgIpc) is 3.00. The van der Waals surface area contributed by atoms with E-state index in [1.165, 1.54) is 24.3 Å². The topological polar surface area (TPSA) is 22.3 Å². The number of fused-ring (bicyclic) bond motifs is 1. The Morgan fingerprint density at radius 3 is 1.68 bits per heavy atom. The number of methoxy groups -OCH3 is 2. The van der Waals surface area contributed by atoms with E-state index in [1.807, 2.05) is 31.3 Å². The predicted molar refractivity (Wildman–Crippen MR) is 160 cm³/mol. The minimum Gasteiger partial charge on any atom is -0.493 e. The van der Waals surface area contributed by atoms with Crippen LogP contribution in [0.3, 0.4) is 0 Å². The first-order valence-corrected chi connectivity index (χ1v) is 13.3. The van der Waals surface area contributed by atoms with Gasteiger partial charge in [0.25, 0.3) is 0 Å². The zero-order valence-electron chi connectivity index (χ0n) is 23.0. The number of benzene rings is 5. The van der Waals surface area contributed by atoms with Crippen molar-refractivity contribution in [3.8, 4) is 56.0 Å². The van der Waals surface area contributed by atoms with E-state index in [0.29, 0.717) is 11.5 Å². The van der Waals surface area contributed by atoms with E-state index in [-0.39, 0.29) is 11.6 Å². The number of aryl methyl sites for hydroxylation is 1. The highest BCUT2D eigenvalue weighted by atomic mass is 19.1. The lowest BCUT2D eigenvalue weighted by Crippen LogP contribution is -2.28. The summed E-state index contributed by atoms with van der Waals surface area (Å²) in [4.78, 5) is 0. The number of rotatable bonds is 6. The van der Waals surface area contributed by atoms with Crippen molar-refractivity contribution in [2.24, 2.45) is 7.05 Å². The molecule has 202 valence electrons. The maximum absolute atomic E-state index is 13.8. The highest BCUT2D eigenvalue weighted by molar-refractivity contribution is 5.88. The minimum atomic E-state index is -0.300. The predicted octanol–water partition coefficient (Wildman–Crippen LogP) is 8.63. The summed E-state index contributed by atoms with van der Waals surface area (Å²) in [6.45, 7) is 0. The molecule has 0 atom stereocenters. The van der Waals surface area contributed by atoms with Gasteiger partial charge in [0, 0.05) is 22.6 Å². The molecule has 6 aromatic rings. The molecule has 0 radical (unpaired) electrons. The molecule has 0 amide bonds. The number of halogens is 2. The van der Waals surface area contributed by atoms with Crippen LogP contribution in [-0.4, -0.2) is 14.2 Å².